The minimum Gasteiger partial charge on any atom is -0.482 e. The van der Waals surface area contributed by atoms with Gasteiger partial charge in [0.2, 0.25) is 5.82 Å². The molecule has 0 unspecified atom stereocenters. The van der Waals surface area contributed by atoms with Gasteiger partial charge in [-0.1, -0.05) is 22.9 Å². The van der Waals surface area contributed by atoms with Gasteiger partial charge in [0.15, 0.2) is 18.2 Å². The van der Waals surface area contributed by atoms with E-state index in [4.69, 9.17) is 9.26 Å². The van der Waals surface area contributed by atoms with Crippen molar-refractivity contribution in [2.45, 2.75) is 13.5 Å². The van der Waals surface area contributed by atoms with Gasteiger partial charge in [0, 0.05) is 11.6 Å². The fourth-order valence-electron chi connectivity index (χ4n) is 1.86. The molecule has 6 heteroatoms. The Labute approximate surface area is 125 Å². The molecule has 0 aliphatic heterocycles. The van der Waals surface area contributed by atoms with Gasteiger partial charge in [-0.2, -0.15) is 4.98 Å². The van der Waals surface area contributed by atoms with Crippen molar-refractivity contribution in [1.29, 1.82) is 0 Å². The maximum absolute atomic E-state index is 13.4. The van der Waals surface area contributed by atoms with Crippen molar-refractivity contribution >= 4 is 0 Å². The number of rotatable bonds is 4. The monoisotopic (exact) mass is 302 g/mol. The summed E-state index contributed by atoms with van der Waals surface area (Å²) in [7, 11) is 0. The van der Waals surface area contributed by atoms with Crippen LogP contribution in [0.3, 0.4) is 0 Å². The van der Waals surface area contributed by atoms with Gasteiger partial charge >= 0.3 is 0 Å². The van der Waals surface area contributed by atoms with Crippen LogP contribution in [0.4, 0.5) is 8.78 Å². The lowest BCUT2D eigenvalue weighted by Crippen LogP contribution is -1.99. The maximum atomic E-state index is 13.4. The van der Waals surface area contributed by atoms with E-state index in [1.54, 1.807) is 0 Å². The Hall–Kier alpha value is -2.76. The molecule has 1 heterocycles. The van der Waals surface area contributed by atoms with Gasteiger partial charge in [-0.25, -0.2) is 8.78 Å². The Morgan fingerprint density at radius 2 is 1.86 bits per heavy atom. The second-order valence-corrected chi connectivity index (χ2v) is 4.75. The molecule has 0 fully saturated rings. The van der Waals surface area contributed by atoms with Crippen LogP contribution in [0.15, 0.2) is 47.0 Å². The number of benzene rings is 2. The standard InChI is InChI=1S/C16H12F2N2O2/c1-10-2-4-11(5-3-10)16-19-15(20-22-16)9-21-14-7-6-12(17)8-13(14)18/h2-8H,9H2,1H3. The number of aromatic nitrogens is 2. The van der Waals surface area contributed by atoms with Crippen LogP contribution in [0.1, 0.15) is 11.4 Å². The van der Waals surface area contributed by atoms with Crippen LogP contribution in [0.25, 0.3) is 11.5 Å². The Kier molecular flexibility index (Phi) is 3.82. The molecule has 0 bridgehead atoms. The Morgan fingerprint density at radius 3 is 2.59 bits per heavy atom. The first-order valence-electron chi connectivity index (χ1n) is 6.59. The van der Waals surface area contributed by atoms with Gasteiger partial charge in [-0.15, -0.1) is 0 Å². The summed E-state index contributed by atoms with van der Waals surface area (Å²) in [5.41, 5.74) is 1.91. The molecule has 2 aromatic carbocycles. The van der Waals surface area contributed by atoms with Crippen molar-refractivity contribution in [3.63, 3.8) is 0 Å². The topological polar surface area (TPSA) is 48.2 Å². The predicted octanol–water partition coefficient (Wildman–Crippen LogP) is 3.90. The molecule has 0 aliphatic rings. The predicted molar refractivity (Wildman–Crippen MR) is 75.2 cm³/mol. The zero-order chi connectivity index (χ0) is 15.5. The first kappa shape index (κ1) is 14.2. The van der Waals surface area contributed by atoms with E-state index >= 15 is 0 Å². The molecule has 3 aromatic rings. The number of halogens is 2. The number of hydrogen-bond donors (Lipinski definition) is 0. The zero-order valence-electron chi connectivity index (χ0n) is 11.7. The molecule has 22 heavy (non-hydrogen) atoms. The summed E-state index contributed by atoms with van der Waals surface area (Å²) in [6.07, 6.45) is 0. The lowest BCUT2D eigenvalue weighted by Gasteiger charge is -2.03. The van der Waals surface area contributed by atoms with Crippen molar-refractivity contribution in [2.24, 2.45) is 0 Å². The third kappa shape index (κ3) is 3.11. The van der Waals surface area contributed by atoms with Gasteiger partial charge in [0.1, 0.15) is 5.82 Å². The SMILES string of the molecule is Cc1ccc(-c2nc(COc3ccc(F)cc3F)no2)cc1. The second-order valence-electron chi connectivity index (χ2n) is 4.75. The molecular formula is C16H12F2N2O2. The third-order valence-corrected chi connectivity index (χ3v) is 3.02. The molecule has 0 amide bonds. The van der Waals surface area contributed by atoms with Crippen LogP contribution in [0.5, 0.6) is 5.75 Å². The summed E-state index contributed by atoms with van der Waals surface area (Å²) in [5.74, 6) is -0.867. The van der Waals surface area contributed by atoms with Crippen molar-refractivity contribution in [3.05, 3.63) is 65.5 Å². The van der Waals surface area contributed by atoms with E-state index in [0.717, 1.165) is 23.3 Å². The molecule has 0 saturated carbocycles. The van der Waals surface area contributed by atoms with Gasteiger partial charge in [0.25, 0.3) is 5.89 Å². The highest BCUT2D eigenvalue weighted by molar-refractivity contribution is 5.53. The molecule has 112 valence electrons. The lowest BCUT2D eigenvalue weighted by atomic mass is 10.1. The van der Waals surface area contributed by atoms with E-state index in [1.165, 1.54) is 6.07 Å². The smallest absolute Gasteiger partial charge is 0.258 e. The van der Waals surface area contributed by atoms with Crippen LogP contribution >= 0.6 is 0 Å². The van der Waals surface area contributed by atoms with Gasteiger partial charge < -0.3 is 9.26 Å². The summed E-state index contributed by atoms with van der Waals surface area (Å²) in [6.45, 7) is 1.91. The molecule has 0 N–H and O–H groups in total. The van der Waals surface area contributed by atoms with Crippen molar-refractivity contribution in [3.8, 4) is 17.2 Å². The summed E-state index contributed by atoms with van der Waals surface area (Å²) >= 11 is 0. The minimum absolute atomic E-state index is 0.0666. The van der Waals surface area contributed by atoms with E-state index in [0.29, 0.717) is 5.89 Å². The first-order valence-corrected chi connectivity index (χ1v) is 6.59. The molecule has 4 nitrogen and oxygen atoms in total. The van der Waals surface area contributed by atoms with Crippen LogP contribution in [0.2, 0.25) is 0 Å². The summed E-state index contributed by atoms with van der Waals surface area (Å²) in [6, 6.07) is 10.7. The molecule has 0 atom stereocenters. The summed E-state index contributed by atoms with van der Waals surface area (Å²) in [4.78, 5) is 4.17. The molecule has 1 aromatic heterocycles. The van der Waals surface area contributed by atoms with Crippen molar-refractivity contribution in [1.82, 2.24) is 10.1 Å². The highest BCUT2D eigenvalue weighted by atomic mass is 19.1. The number of ether oxygens (including phenoxy) is 1. The summed E-state index contributed by atoms with van der Waals surface area (Å²) < 4.78 is 36.6. The highest BCUT2D eigenvalue weighted by Crippen LogP contribution is 2.20. The largest absolute Gasteiger partial charge is 0.482 e. The molecule has 0 saturated heterocycles. The van der Waals surface area contributed by atoms with Crippen LogP contribution in [-0.2, 0) is 6.61 Å². The minimum atomic E-state index is -0.776. The van der Waals surface area contributed by atoms with Crippen molar-refractivity contribution < 1.29 is 18.0 Å². The Bertz CT molecular complexity index is 785. The van der Waals surface area contributed by atoms with E-state index in [1.807, 2.05) is 31.2 Å². The third-order valence-electron chi connectivity index (χ3n) is 3.02. The van der Waals surface area contributed by atoms with Gasteiger partial charge in [0.05, 0.1) is 0 Å². The van der Waals surface area contributed by atoms with Gasteiger partial charge in [-0.05, 0) is 31.2 Å². The fourth-order valence-corrected chi connectivity index (χ4v) is 1.86. The van der Waals surface area contributed by atoms with Crippen LogP contribution in [-0.4, -0.2) is 10.1 Å². The first-order chi connectivity index (χ1) is 10.6. The van der Waals surface area contributed by atoms with E-state index < -0.39 is 11.6 Å². The average Bonchev–Trinajstić information content (AvgIpc) is 2.96. The quantitative estimate of drug-likeness (QED) is 0.733. The lowest BCUT2D eigenvalue weighted by molar-refractivity contribution is 0.273. The molecular weight excluding hydrogens is 290 g/mol. The normalized spacial score (nSPS) is 10.7. The molecule has 0 spiro atoms. The zero-order valence-corrected chi connectivity index (χ0v) is 11.7. The number of aryl methyl sites for hydroxylation is 1. The number of nitrogens with zero attached hydrogens (tertiary/aromatic N) is 2. The second kappa shape index (κ2) is 5.93. The van der Waals surface area contributed by atoms with E-state index in [2.05, 4.69) is 10.1 Å². The van der Waals surface area contributed by atoms with Crippen molar-refractivity contribution in [2.75, 3.05) is 0 Å². The fraction of sp³-hybridized carbons (Fsp3) is 0.125. The van der Waals surface area contributed by atoms with Crippen LogP contribution in [0, 0.1) is 18.6 Å². The van der Waals surface area contributed by atoms with E-state index in [9.17, 15) is 8.78 Å². The number of hydrogen-bond acceptors (Lipinski definition) is 4. The average molecular weight is 302 g/mol. The molecule has 3 rings (SSSR count). The summed E-state index contributed by atoms with van der Waals surface area (Å²) in [5, 5.41) is 3.77. The highest BCUT2D eigenvalue weighted by Gasteiger charge is 2.11. The molecule has 0 radical (unpaired) electrons. The Balaban J connectivity index is 1.70. The Morgan fingerprint density at radius 1 is 1.09 bits per heavy atom. The maximum Gasteiger partial charge on any atom is 0.258 e. The van der Waals surface area contributed by atoms with Crippen LogP contribution < -0.4 is 4.74 Å². The van der Waals surface area contributed by atoms with E-state index in [-0.39, 0.29) is 18.2 Å². The van der Waals surface area contributed by atoms with Gasteiger partial charge in [-0.3, -0.25) is 0 Å². The molecule has 0 aliphatic carbocycles.